The minimum atomic E-state index is -0.789. The molecule has 0 aromatic heterocycles. The molecule has 0 bridgehead atoms. The summed E-state index contributed by atoms with van der Waals surface area (Å²) in [6, 6.07) is -0.203. The molecule has 3 N–H and O–H groups in total. The molecule has 20 heavy (non-hydrogen) atoms. The molecular formula is C14H24N2O4. The highest BCUT2D eigenvalue weighted by Crippen LogP contribution is 2.43. The van der Waals surface area contributed by atoms with E-state index in [-0.39, 0.29) is 23.4 Å². The Hall–Kier alpha value is -1.30. The summed E-state index contributed by atoms with van der Waals surface area (Å²) in [6.45, 7) is 3.79. The predicted molar refractivity (Wildman–Crippen MR) is 73.5 cm³/mol. The Morgan fingerprint density at radius 3 is 2.35 bits per heavy atom. The average Bonchev–Trinajstić information content (AvgIpc) is 2.32. The molecule has 0 aromatic rings. The lowest BCUT2D eigenvalue weighted by molar-refractivity contribution is -0.141. The SMILES string of the molecule is CC1(NC(=O)NCC2(CC(=O)O)CCC2)CCOCC1. The third kappa shape index (κ3) is 3.85. The fourth-order valence-corrected chi connectivity index (χ4v) is 2.95. The highest BCUT2D eigenvalue weighted by molar-refractivity contribution is 5.75. The molecule has 6 nitrogen and oxygen atoms in total. The monoisotopic (exact) mass is 284 g/mol. The van der Waals surface area contributed by atoms with E-state index in [2.05, 4.69) is 10.6 Å². The van der Waals surface area contributed by atoms with Crippen LogP contribution in [0.5, 0.6) is 0 Å². The number of aliphatic carboxylic acids is 1. The maximum Gasteiger partial charge on any atom is 0.315 e. The minimum Gasteiger partial charge on any atom is -0.481 e. The van der Waals surface area contributed by atoms with Gasteiger partial charge in [-0.2, -0.15) is 0 Å². The number of hydrogen-bond acceptors (Lipinski definition) is 3. The maximum absolute atomic E-state index is 12.0. The molecule has 1 saturated heterocycles. The second-order valence-electron chi connectivity index (χ2n) is 6.40. The van der Waals surface area contributed by atoms with E-state index < -0.39 is 5.97 Å². The van der Waals surface area contributed by atoms with Gasteiger partial charge in [0.25, 0.3) is 0 Å². The van der Waals surface area contributed by atoms with E-state index in [9.17, 15) is 9.59 Å². The second kappa shape index (κ2) is 5.99. The van der Waals surface area contributed by atoms with Gasteiger partial charge in [0.15, 0.2) is 0 Å². The molecule has 1 heterocycles. The number of carboxylic acids is 1. The van der Waals surface area contributed by atoms with Crippen molar-refractivity contribution < 1.29 is 19.4 Å². The van der Waals surface area contributed by atoms with Crippen LogP contribution >= 0.6 is 0 Å². The first kappa shape index (κ1) is 15.1. The molecule has 0 atom stereocenters. The van der Waals surface area contributed by atoms with Crippen molar-refractivity contribution in [3.63, 3.8) is 0 Å². The van der Waals surface area contributed by atoms with Crippen LogP contribution in [-0.4, -0.2) is 42.4 Å². The maximum atomic E-state index is 12.0. The van der Waals surface area contributed by atoms with Crippen LogP contribution in [0.4, 0.5) is 4.79 Å². The smallest absolute Gasteiger partial charge is 0.315 e. The molecule has 2 amide bonds. The Kier molecular flexibility index (Phi) is 4.52. The van der Waals surface area contributed by atoms with Gasteiger partial charge in [0.1, 0.15) is 0 Å². The van der Waals surface area contributed by atoms with Gasteiger partial charge in [-0.1, -0.05) is 6.42 Å². The topological polar surface area (TPSA) is 87.7 Å². The summed E-state index contributed by atoms with van der Waals surface area (Å²) in [5, 5.41) is 14.8. The van der Waals surface area contributed by atoms with E-state index in [1.807, 2.05) is 6.92 Å². The van der Waals surface area contributed by atoms with Gasteiger partial charge in [0.05, 0.1) is 6.42 Å². The fraction of sp³-hybridized carbons (Fsp3) is 0.857. The van der Waals surface area contributed by atoms with E-state index in [4.69, 9.17) is 9.84 Å². The van der Waals surface area contributed by atoms with Crippen molar-refractivity contribution in [3.05, 3.63) is 0 Å². The number of nitrogens with one attached hydrogen (secondary N) is 2. The first-order valence-corrected chi connectivity index (χ1v) is 7.29. The molecule has 0 unspecified atom stereocenters. The Bertz CT molecular complexity index is 373. The lowest BCUT2D eigenvalue weighted by Crippen LogP contribution is -2.55. The quantitative estimate of drug-likeness (QED) is 0.714. The molecule has 0 radical (unpaired) electrons. The lowest BCUT2D eigenvalue weighted by atomic mass is 9.66. The molecule has 2 fully saturated rings. The van der Waals surface area contributed by atoms with Gasteiger partial charge < -0.3 is 20.5 Å². The van der Waals surface area contributed by atoms with Crippen LogP contribution < -0.4 is 10.6 Å². The summed E-state index contributed by atoms with van der Waals surface area (Å²) in [5.41, 5.74) is -0.457. The van der Waals surface area contributed by atoms with Crippen LogP contribution in [0.25, 0.3) is 0 Å². The zero-order valence-electron chi connectivity index (χ0n) is 12.0. The Labute approximate surface area is 119 Å². The van der Waals surface area contributed by atoms with E-state index in [0.717, 1.165) is 32.1 Å². The molecular weight excluding hydrogens is 260 g/mol. The number of rotatable bonds is 5. The summed E-state index contributed by atoms with van der Waals surface area (Å²) in [6.07, 6.45) is 4.56. The van der Waals surface area contributed by atoms with E-state index >= 15 is 0 Å². The van der Waals surface area contributed by atoms with Crippen LogP contribution in [-0.2, 0) is 9.53 Å². The molecule has 1 saturated carbocycles. The average molecular weight is 284 g/mol. The van der Waals surface area contributed by atoms with Crippen molar-refractivity contribution in [1.29, 1.82) is 0 Å². The van der Waals surface area contributed by atoms with Gasteiger partial charge in [-0.05, 0) is 38.0 Å². The van der Waals surface area contributed by atoms with E-state index in [0.29, 0.717) is 19.8 Å². The summed E-state index contributed by atoms with van der Waals surface area (Å²) < 4.78 is 5.29. The molecule has 0 spiro atoms. The predicted octanol–water partition coefficient (Wildman–Crippen LogP) is 1.50. The van der Waals surface area contributed by atoms with Crippen LogP contribution in [0.1, 0.15) is 45.4 Å². The second-order valence-corrected chi connectivity index (χ2v) is 6.40. The zero-order chi connectivity index (χ0) is 14.6. The third-order valence-electron chi connectivity index (χ3n) is 4.58. The van der Waals surface area contributed by atoms with Crippen molar-refractivity contribution in [2.24, 2.45) is 5.41 Å². The van der Waals surface area contributed by atoms with Crippen LogP contribution in [0.3, 0.4) is 0 Å². The van der Waals surface area contributed by atoms with Crippen molar-refractivity contribution >= 4 is 12.0 Å². The first-order valence-electron chi connectivity index (χ1n) is 7.29. The van der Waals surface area contributed by atoms with Crippen LogP contribution in [0.15, 0.2) is 0 Å². The first-order chi connectivity index (χ1) is 9.43. The van der Waals surface area contributed by atoms with E-state index in [1.54, 1.807) is 0 Å². The van der Waals surface area contributed by atoms with Crippen LogP contribution in [0, 0.1) is 5.41 Å². The summed E-state index contributed by atoms with van der Waals surface area (Å²) in [4.78, 5) is 22.9. The fourth-order valence-electron chi connectivity index (χ4n) is 2.95. The van der Waals surface area contributed by atoms with Crippen LogP contribution in [0.2, 0.25) is 0 Å². The van der Waals surface area contributed by atoms with Crippen molar-refractivity contribution in [1.82, 2.24) is 10.6 Å². The summed E-state index contributed by atoms with van der Waals surface area (Å²) in [7, 11) is 0. The van der Waals surface area contributed by atoms with Gasteiger partial charge in [-0.3, -0.25) is 4.79 Å². The Morgan fingerprint density at radius 2 is 1.85 bits per heavy atom. The van der Waals surface area contributed by atoms with Crippen molar-refractivity contribution in [2.45, 2.75) is 51.0 Å². The summed E-state index contributed by atoms with van der Waals surface area (Å²) >= 11 is 0. The minimum absolute atomic E-state index is 0.137. The number of carbonyl (C=O) groups is 2. The Morgan fingerprint density at radius 1 is 1.20 bits per heavy atom. The molecule has 1 aliphatic heterocycles. The van der Waals surface area contributed by atoms with Gasteiger partial charge in [0.2, 0.25) is 0 Å². The lowest BCUT2D eigenvalue weighted by Gasteiger charge is -2.41. The van der Waals surface area contributed by atoms with Gasteiger partial charge in [0, 0.05) is 25.3 Å². The molecule has 1 aliphatic carbocycles. The molecule has 2 aliphatic rings. The van der Waals surface area contributed by atoms with Gasteiger partial charge >= 0.3 is 12.0 Å². The number of urea groups is 1. The number of hydrogen-bond donors (Lipinski definition) is 3. The number of carboxylic acid groups (broad SMARTS) is 1. The molecule has 2 rings (SSSR count). The number of ether oxygens (including phenoxy) is 1. The zero-order valence-corrected chi connectivity index (χ0v) is 12.0. The number of carbonyl (C=O) groups excluding carboxylic acids is 1. The summed E-state index contributed by atoms with van der Waals surface area (Å²) in [5.74, 6) is -0.789. The third-order valence-corrected chi connectivity index (χ3v) is 4.58. The standard InChI is InChI=1S/C14H24N2O4/c1-13(5-7-20-8-6-13)16-12(19)15-10-14(3-2-4-14)9-11(17)18/h2-10H2,1H3,(H,17,18)(H2,15,16,19). The normalized spacial score (nSPS) is 23.4. The molecule has 0 aromatic carbocycles. The van der Waals surface area contributed by atoms with Gasteiger partial charge in [-0.15, -0.1) is 0 Å². The Balaban J connectivity index is 1.78. The molecule has 6 heteroatoms. The van der Waals surface area contributed by atoms with Gasteiger partial charge in [-0.25, -0.2) is 4.79 Å². The van der Waals surface area contributed by atoms with Crippen molar-refractivity contribution in [2.75, 3.05) is 19.8 Å². The highest BCUT2D eigenvalue weighted by atomic mass is 16.5. The molecule has 114 valence electrons. The highest BCUT2D eigenvalue weighted by Gasteiger charge is 2.39. The number of amides is 2. The van der Waals surface area contributed by atoms with E-state index in [1.165, 1.54) is 0 Å². The largest absolute Gasteiger partial charge is 0.481 e. The van der Waals surface area contributed by atoms with Crippen molar-refractivity contribution in [3.8, 4) is 0 Å².